The molecule has 2 N–H and O–H groups in total. The molecule has 2 atom stereocenters. The molecule has 2 unspecified atom stereocenters. The van der Waals surface area contributed by atoms with Crippen LogP contribution in [-0.4, -0.2) is 10.2 Å². The molecule has 0 bridgehead atoms. The van der Waals surface area contributed by atoms with E-state index in [4.69, 9.17) is 0 Å². The smallest absolute Gasteiger partial charge is 0.119 e. The van der Waals surface area contributed by atoms with Crippen LogP contribution in [0, 0.1) is 0 Å². The van der Waals surface area contributed by atoms with Crippen molar-refractivity contribution in [1.29, 1.82) is 0 Å². The molecular weight excluding hydrogens is 284 g/mol. The van der Waals surface area contributed by atoms with Crippen LogP contribution < -0.4 is 0 Å². The van der Waals surface area contributed by atoms with Gasteiger partial charge >= 0.3 is 0 Å². The van der Waals surface area contributed by atoms with Gasteiger partial charge < -0.3 is 10.2 Å². The minimum atomic E-state index is 0.149. The van der Waals surface area contributed by atoms with Crippen molar-refractivity contribution in [3.63, 3.8) is 0 Å². The summed E-state index contributed by atoms with van der Waals surface area (Å²) in [5.41, 5.74) is 4.14. The number of unbranched alkanes of at least 4 members (excludes halogenated alkanes) is 1. The van der Waals surface area contributed by atoms with E-state index >= 15 is 0 Å². The SMILES string of the molecule is CCCC1c2ccccc2C1CCCCc1cc(O)cc(O)c1. The summed E-state index contributed by atoms with van der Waals surface area (Å²) in [7, 11) is 0. The first-order valence-electron chi connectivity index (χ1n) is 8.79. The van der Waals surface area contributed by atoms with E-state index in [0.717, 1.165) is 30.2 Å². The van der Waals surface area contributed by atoms with Gasteiger partial charge in [-0.3, -0.25) is 0 Å². The lowest BCUT2D eigenvalue weighted by Gasteiger charge is -2.40. The second-order valence-corrected chi connectivity index (χ2v) is 6.73. The summed E-state index contributed by atoms with van der Waals surface area (Å²) in [6.07, 6.45) is 6.98. The van der Waals surface area contributed by atoms with Gasteiger partial charge in [0.25, 0.3) is 0 Å². The van der Waals surface area contributed by atoms with Crippen molar-refractivity contribution in [2.24, 2.45) is 0 Å². The fourth-order valence-electron chi connectivity index (χ4n) is 4.04. The van der Waals surface area contributed by atoms with Crippen LogP contribution in [-0.2, 0) is 6.42 Å². The third-order valence-electron chi connectivity index (χ3n) is 5.07. The van der Waals surface area contributed by atoms with E-state index in [1.165, 1.54) is 31.7 Å². The molecule has 1 aliphatic rings. The van der Waals surface area contributed by atoms with E-state index in [-0.39, 0.29) is 11.5 Å². The Morgan fingerprint density at radius 3 is 2.04 bits per heavy atom. The van der Waals surface area contributed by atoms with E-state index in [0.29, 0.717) is 0 Å². The Balaban J connectivity index is 1.52. The molecule has 3 rings (SSSR count). The lowest BCUT2D eigenvalue weighted by molar-refractivity contribution is 0.402. The van der Waals surface area contributed by atoms with Crippen molar-refractivity contribution >= 4 is 0 Å². The van der Waals surface area contributed by atoms with Gasteiger partial charge in [-0.15, -0.1) is 0 Å². The molecule has 23 heavy (non-hydrogen) atoms. The summed E-state index contributed by atoms with van der Waals surface area (Å²) in [5, 5.41) is 19.1. The molecule has 0 aliphatic heterocycles. The summed E-state index contributed by atoms with van der Waals surface area (Å²) in [5.74, 6) is 1.77. The molecule has 2 aromatic rings. The first kappa shape index (κ1) is 15.9. The van der Waals surface area contributed by atoms with Gasteiger partial charge in [-0.05, 0) is 66.3 Å². The Labute approximate surface area is 138 Å². The summed E-state index contributed by atoms with van der Waals surface area (Å²) in [6.45, 7) is 2.27. The van der Waals surface area contributed by atoms with E-state index in [2.05, 4.69) is 31.2 Å². The van der Waals surface area contributed by atoms with Crippen molar-refractivity contribution in [3.05, 3.63) is 59.2 Å². The Morgan fingerprint density at radius 2 is 1.43 bits per heavy atom. The maximum absolute atomic E-state index is 9.53. The number of fused-ring (bicyclic) bond motifs is 1. The average molecular weight is 310 g/mol. The van der Waals surface area contributed by atoms with Gasteiger partial charge in [-0.2, -0.15) is 0 Å². The predicted octanol–water partition coefficient (Wildman–Crippen LogP) is 5.49. The Kier molecular flexibility index (Phi) is 4.90. The minimum absolute atomic E-state index is 0.149. The molecule has 0 fully saturated rings. The molecule has 0 saturated carbocycles. The maximum Gasteiger partial charge on any atom is 0.119 e. The molecule has 2 aromatic carbocycles. The largest absolute Gasteiger partial charge is 0.508 e. The van der Waals surface area contributed by atoms with E-state index in [9.17, 15) is 10.2 Å². The van der Waals surface area contributed by atoms with Crippen LogP contribution >= 0.6 is 0 Å². The van der Waals surface area contributed by atoms with Crippen molar-refractivity contribution in [3.8, 4) is 11.5 Å². The van der Waals surface area contributed by atoms with Gasteiger partial charge in [0.1, 0.15) is 11.5 Å². The topological polar surface area (TPSA) is 40.5 Å². The monoisotopic (exact) mass is 310 g/mol. The number of benzene rings is 2. The zero-order valence-corrected chi connectivity index (χ0v) is 13.8. The van der Waals surface area contributed by atoms with Crippen molar-refractivity contribution < 1.29 is 10.2 Å². The van der Waals surface area contributed by atoms with E-state index in [1.54, 1.807) is 23.3 Å². The van der Waals surface area contributed by atoms with Crippen molar-refractivity contribution in [2.45, 2.75) is 57.3 Å². The first-order valence-corrected chi connectivity index (χ1v) is 8.79. The quantitative estimate of drug-likeness (QED) is 0.664. The molecule has 1 aliphatic carbocycles. The zero-order chi connectivity index (χ0) is 16.2. The summed E-state index contributed by atoms with van der Waals surface area (Å²) < 4.78 is 0. The van der Waals surface area contributed by atoms with Crippen LogP contribution in [0.2, 0.25) is 0 Å². The van der Waals surface area contributed by atoms with Gasteiger partial charge in [0.2, 0.25) is 0 Å². The predicted molar refractivity (Wildman–Crippen MR) is 94.2 cm³/mol. The van der Waals surface area contributed by atoms with Gasteiger partial charge in [0, 0.05) is 6.07 Å². The molecular formula is C21H26O2. The second-order valence-electron chi connectivity index (χ2n) is 6.73. The molecule has 0 heterocycles. The second kappa shape index (κ2) is 7.08. The van der Waals surface area contributed by atoms with Crippen LogP contribution in [0.5, 0.6) is 11.5 Å². The fourth-order valence-corrected chi connectivity index (χ4v) is 4.04. The first-order chi connectivity index (χ1) is 11.2. The highest BCUT2D eigenvalue weighted by Crippen LogP contribution is 2.51. The van der Waals surface area contributed by atoms with Crippen LogP contribution in [0.15, 0.2) is 42.5 Å². The van der Waals surface area contributed by atoms with Gasteiger partial charge in [0.05, 0.1) is 0 Å². The van der Waals surface area contributed by atoms with Crippen molar-refractivity contribution in [2.75, 3.05) is 0 Å². The normalized spacial score (nSPS) is 19.2. The Hall–Kier alpha value is -1.96. The van der Waals surface area contributed by atoms with Gasteiger partial charge in [0.15, 0.2) is 0 Å². The molecule has 0 radical (unpaired) electrons. The molecule has 0 aromatic heterocycles. The van der Waals surface area contributed by atoms with Crippen LogP contribution in [0.25, 0.3) is 0 Å². The molecule has 0 amide bonds. The Morgan fingerprint density at radius 1 is 0.826 bits per heavy atom. The number of aromatic hydroxyl groups is 2. The van der Waals surface area contributed by atoms with E-state index < -0.39 is 0 Å². The molecule has 2 heteroatoms. The lowest BCUT2D eigenvalue weighted by Crippen LogP contribution is -2.24. The third kappa shape index (κ3) is 3.52. The van der Waals surface area contributed by atoms with Crippen LogP contribution in [0.1, 0.15) is 67.6 Å². The number of hydrogen-bond donors (Lipinski definition) is 2. The van der Waals surface area contributed by atoms with Crippen LogP contribution in [0.4, 0.5) is 0 Å². The number of rotatable bonds is 7. The standard InChI is InChI=1S/C21H26O2/c1-2-7-18-19(21-11-6-5-10-20(18)21)9-4-3-8-15-12-16(22)14-17(23)13-15/h5-6,10-14,18-19,22-23H,2-4,7-9H2,1H3. The fraction of sp³-hybridized carbons (Fsp3) is 0.429. The summed E-state index contributed by atoms with van der Waals surface area (Å²) >= 11 is 0. The van der Waals surface area contributed by atoms with Crippen molar-refractivity contribution in [1.82, 2.24) is 0 Å². The molecule has 122 valence electrons. The highest BCUT2D eigenvalue weighted by molar-refractivity contribution is 5.44. The molecule has 0 saturated heterocycles. The number of aryl methyl sites for hydroxylation is 1. The third-order valence-corrected chi connectivity index (χ3v) is 5.07. The number of hydrogen-bond acceptors (Lipinski definition) is 2. The summed E-state index contributed by atoms with van der Waals surface area (Å²) in [6, 6.07) is 13.8. The summed E-state index contributed by atoms with van der Waals surface area (Å²) in [4.78, 5) is 0. The van der Waals surface area contributed by atoms with Crippen LogP contribution in [0.3, 0.4) is 0 Å². The average Bonchev–Trinajstić information content (AvgIpc) is 2.51. The lowest BCUT2D eigenvalue weighted by atomic mass is 9.64. The van der Waals surface area contributed by atoms with Gasteiger partial charge in [-0.1, -0.05) is 44.0 Å². The van der Waals surface area contributed by atoms with Gasteiger partial charge in [-0.25, -0.2) is 0 Å². The Bertz CT molecular complexity index is 642. The molecule has 2 nitrogen and oxygen atoms in total. The number of phenolic OH excluding ortho intramolecular Hbond substituents is 2. The highest BCUT2D eigenvalue weighted by Gasteiger charge is 2.35. The minimum Gasteiger partial charge on any atom is -0.508 e. The number of phenols is 2. The van der Waals surface area contributed by atoms with E-state index in [1.807, 2.05) is 0 Å². The zero-order valence-electron chi connectivity index (χ0n) is 13.8. The highest BCUT2D eigenvalue weighted by atomic mass is 16.3. The molecule has 0 spiro atoms. The maximum atomic E-state index is 9.53.